The highest BCUT2D eigenvalue weighted by atomic mass is 32.2. The van der Waals surface area contributed by atoms with Gasteiger partial charge in [-0.05, 0) is 30.5 Å². The molecule has 1 atom stereocenters. The lowest BCUT2D eigenvalue weighted by Crippen LogP contribution is -2.22. The highest BCUT2D eigenvalue weighted by Crippen LogP contribution is 2.36. The van der Waals surface area contributed by atoms with Gasteiger partial charge in [-0.15, -0.1) is 0 Å². The molecule has 114 valence electrons. The van der Waals surface area contributed by atoms with Crippen LogP contribution in [0.1, 0.15) is 33.7 Å². The van der Waals surface area contributed by atoms with Crippen LogP contribution in [0.4, 0.5) is 4.39 Å². The first-order valence-electron chi connectivity index (χ1n) is 6.72. The molecule has 0 saturated carbocycles. The molecule has 1 aromatic heterocycles. The number of halogens is 1. The lowest BCUT2D eigenvalue weighted by molar-refractivity contribution is -0.133. The summed E-state index contributed by atoms with van der Waals surface area (Å²) in [5, 5.41) is 9.48. The van der Waals surface area contributed by atoms with Crippen LogP contribution in [0.25, 0.3) is 11.0 Å². The summed E-state index contributed by atoms with van der Waals surface area (Å²) in [6.45, 7) is 8.31. The van der Waals surface area contributed by atoms with Crippen LogP contribution in [0.15, 0.2) is 23.4 Å². The van der Waals surface area contributed by atoms with Crippen LogP contribution < -0.4 is 0 Å². The van der Waals surface area contributed by atoms with Crippen molar-refractivity contribution >= 4 is 28.8 Å². The quantitative estimate of drug-likeness (QED) is 0.869. The van der Waals surface area contributed by atoms with E-state index in [0.29, 0.717) is 16.2 Å². The van der Waals surface area contributed by atoms with Gasteiger partial charge in [0.15, 0.2) is 5.16 Å². The Labute approximate surface area is 127 Å². The molecule has 1 aromatic carbocycles. The molecular formula is C15H19FN2O2S. The molecule has 0 aliphatic rings. The summed E-state index contributed by atoms with van der Waals surface area (Å²) in [6, 6.07) is 4.50. The van der Waals surface area contributed by atoms with E-state index in [9.17, 15) is 9.18 Å². The number of aliphatic carboxylic acids is 1. The van der Waals surface area contributed by atoms with Crippen molar-refractivity contribution in [2.75, 3.05) is 5.75 Å². The van der Waals surface area contributed by atoms with E-state index < -0.39 is 5.97 Å². The van der Waals surface area contributed by atoms with Crippen LogP contribution in [0.3, 0.4) is 0 Å². The molecule has 0 amide bonds. The number of benzene rings is 1. The molecule has 2 rings (SSSR count). The molecule has 0 spiro atoms. The highest BCUT2D eigenvalue weighted by molar-refractivity contribution is 7.99. The minimum Gasteiger partial charge on any atom is -0.481 e. The highest BCUT2D eigenvalue weighted by Gasteiger charge is 2.26. The third kappa shape index (κ3) is 3.37. The van der Waals surface area contributed by atoms with E-state index in [4.69, 9.17) is 5.11 Å². The molecule has 1 unspecified atom stereocenters. The maximum absolute atomic E-state index is 13.6. The molecule has 0 radical (unpaired) electrons. The number of carboxylic acids is 1. The molecule has 0 fully saturated rings. The SMILES string of the molecule is CC(n1c(SCC(=O)O)nc2ccc(F)cc21)C(C)(C)C. The number of fused-ring (bicyclic) bond motifs is 1. The van der Waals surface area contributed by atoms with Crippen molar-refractivity contribution in [2.45, 2.75) is 38.9 Å². The van der Waals surface area contributed by atoms with Crippen molar-refractivity contribution in [1.82, 2.24) is 9.55 Å². The first-order valence-corrected chi connectivity index (χ1v) is 7.71. The van der Waals surface area contributed by atoms with E-state index in [1.165, 1.54) is 12.1 Å². The molecule has 1 heterocycles. The van der Waals surface area contributed by atoms with Crippen LogP contribution in [-0.4, -0.2) is 26.4 Å². The summed E-state index contributed by atoms with van der Waals surface area (Å²) >= 11 is 1.16. The number of nitrogens with zero attached hydrogens (tertiary/aromatic N) is 2. The Morgan fingerprint density at radius 2 is 2.14 bits per heavy atom. The summed E-state index contributed by atoms with van der Waals surface area (Å²) in [5.74, 6) is -1.28. The van der Waals surface area contributed by atoms with Gasteiger partial charge < -0.3 is 9.67 Å². The molecule has 2 aromatic rings. The third-order valence-electron chi connectivity index (χ3n) is 3.58. The number of imidazole rings is 1. The molecule has 1 N–H and O–H groups in total. The first kappa shape index (κ1) is 15.8. The predicted molar refractivity (Wildman–Crippen MR) is 82.2 cm³/mol. The number of carboxylic acid groups (broad SMARTS) is 1. The molecule has 0 aliphatic heterocycles. The Morgan fingerprint density at radius 1 is 1.48 bits per heavy atom. The first-order chi connectivity index (χ1) is 9.70. The van der Waals surface area contributed by atoms with Crippen molar-refractivity contribution < 1.29 is 14.3 Å². The van der Waals surface area contributed by atoms with Crippen molar-refractivity contribution in [2.24, 2.45) is 5.41 Å². The zero-order valence-corrected chi connectivity index (χ0v) is 13.4. The van der Waals surface area contributed by atoms with Crippen LogP contribution in [0.2, 0.25) is 0 Å². The van der Waals surface area contributed by atoms with Gasteiger partial charge in [0.1, 0.15) is 5.82 Å². The molecule has 6 heteroatoms. The number of rotatable bonds is 4. The van der Waals surface area contributed by atoms with Crippen molar-refractivity contribution in [3.63, 3.8) is 0 Å². The maximum Gasteiger partial charge on any atom is 0.313 e. The van der Waals surface area contributed by atoms with Crippen LogP contribution >= 0.6 is 11.8 Å². The fourth-order valence-corrected chi connectivity index (χ4v) is 2.84. The Kier molecular flexibility index (Phi) is 4.27. The van der Waals surface area contributed by atoms with Gasteiger partial charge in [-0.1, -0.05) is 32.5 Å². The largest absolute Gasteiger partial charge is 0.481 e. The molecule has 0 aliphatic carbocycles. The molecule has 21 heavy (non-hydrogen) atoms. The Hall–Kier alpha value is -1.56. The number of hydrogen-bond acceptors (Lipinski definition) is 3. The van der Waals surface area contributed by atoms with Crippen molar-refractivity contribution in [3.8, 4) is 0 Å². The molecule has 4 nitrogen and oxygen atoms in total. The van der Waals surface area contributed by atoms with Gasteiger partial charge in [-0.2, -0.15) is 0 Å². The second-order valence-corrected chi connectivity index (χ2v) is 7.06. The van der Waals surface area contributed by atoms with E-state index >= 15 is 0 Å². The zero-order chi connectivity index (χ0) is 15.8. The topological polar surface area (TPSA) is 55.1 Å². The third-order valence-corrected chi connectivity index (χ3v) is 4.52. The van der Waals surface area contributed by atoms with Gasteiger partial charge >= 0.3 is 5.97 Å². The second kappa shape index (κ2) is 5.67. The van der Waals surface area contributed by atoms with E-state index in [2.05, 4.69) is 25.8 Å². The molecular weight excluding hydrogens is 291 g/mol. The monoisotopic (exact) mass is 310 g/mol. The summed E-state index contributed by atoms with van der Waals surface area (Å²) in [5.41, 5.74) is 1.32. The van der Waals surface area contributed by atoms with Gasteiger partial charge in [0.2, 0.25) is 0 Å². The Bertz CT molecular complexity index is 676. The van der Waals surface area contributed by atoms with Crippen molar-refractivity contribution in [1.29, 1.82) is 0 Å². The van der Waals surface area contributed by atoms with Gasteiger partial charge in [-0.3, -0.25) is 4.79 Å². The van der Waals surface area contributed by atoms with Gasteiger partial charge in [0.05, 0.1) is 16.8 Å². The Morgan fingerprint density at radius 3 is 2.71 bits per heavy atom. The lowest BCUT2D eigenvalue weighted by atomic mass is 9.88. The van der Waals surface area contributed by atoms with Crippen LogP contribution in [0.5, 0.6) is 0 Å². The standard InChI is InChI=1S/C15H19FN2O2S/c1-9(15(2,3)4)18-12-7-10(16)5-6-11(12)17-14(18)21-8-13(19)20/h5-7,9H,8H2,1-4H3,(H,19,20). The van der Waals surface area contributed by atoms with E-state index in [-0.39, 0.29) is 23.0 Å². The maximum atomic E-state index is 13.6. The fourth-order valence-electron chi connectivity index (χ4n) is 2.03. The van der Waals surface area contributed by atoms with E-state index in [0.717, 1.165) is 11.8 Å². The van der Waals surface area contributed by atoms with Gasteiger partial charge in [-0.25, -0.2) is 9.37 Å². The van der Waals surface area contributed by atoms with Gasteiger partial charge in [0.25, 0.3) is 0 Å². The minimum atomic E-state index is -0.895. The lowest BCUT2D eigenvalue weighted by Gasteiger charge is -2.30. The summed E-state index contributed by atoms with van der Waals surface area (Å²) in [7, 11) is 0. The number of carbonyl (C=O) groups is 1. The Balaban J connectivity index is 2.58. The zero-order valence-electron chi connectivity index (χ0n) is 12.6. The van der Waals surface area contributed by atoms with Gasteiger partial charge in [0, 0.05) is 6.04 Å². The summed E-state index contributed by atoms with van der Waals surface area (Å²) < 4.78 is 15.5. The fraction of sp³-hybridized carbons (Fsp3) is 0.467. The number of hydrogen-bond donors (Lipinski definition) is 1. The average molecular weight is 310 g/mol. The van der Waals surface area contributed by atoms with Crippen molar-refractivity contribution in [3.05, 3.63) is 24.0 Å². The number of thioether (sulfide) groups is 1. The number of aromatic nitrogens is 2. The average Bonchev–Trinajstić information content (AvgIpc) is 2.71. The van der Waals surface area contributed by atoms with E-state index in [1.807, 2.05) is 11.5 Å². The van der Waals surface area contributed by atoms with Crippen LogP contribution in [0, 0.1) is 11.2 Å². The molecule has 0 bridgehead atoms. The smallest absolute Gasteiger partial charge is 0.313 e. The summed E-state index contributed by atoms with van der Waals surface area (Å²) in [4.78, 5) is 15.3. The van der Waals surface area contributed by atoms with Crippen LogP contribution in [-0.2, 0) is 4.79 Å². The molecule has 0 saturated heterocycles. The predicted octanol–water partition coefficient (Wildman–Crippen LogP) is 3.96. The normalized spacial score (nSPS) is 13.6. The summed E-state index contributed by atoms with van der Waals surface area (Å²) in [6.07, 6.45) is 0. The minimum absolute atomic E-state index is 0.0561. The van der Waals surface area contributed by atoms with E-state index in [1.54, 1.807) is 6.07 Å². The second-order valence-electron chi connectivity index (χ2n) is 6.12.